The van der Waals surface area contributed by atoms with Crippen LogP contribution >= 0.6 is 22.6 Å². The number of aryl methyl sites for hydroxylation is 1. The van der Waals surface area contributed by atoms with E-state index in [1.54, 1.807) is 0 Å². The van der Waals surface area contributed by atoms with E-state index in [2.05, 4.69) is 71.5 Å². The molecular weight excluding hydrogens is 351 g/mol. The number of nitrogens with one attached hydrogen (secondary N) is 1. The molecule has 0 aliphatic carbocycles. The van der Waals surface area contributed by atoms with Crippen LogP contribution in [0.25, 0.3) is 0 Å². The van der Waals surface area contributed by atoms with E-state index in [9.17, 15) is 4.79 Å². The summed E-state index contributed by atoms with van der Waals surface area (Å²) in [6.45, 7) is 6.17. The van der Waals surface area contributed by atoms with E-state index in [0.717, 1.165) is 11.5 Å². The Labute approximate surface area is 126 Å². The van der Waals surface area contributed by atoms with Gasteiger partial charge in [0.15, 0.2) is 0 Å². The third kappa shape index (κ3) is 3.43. The molecule has 0 aliphatic rings. The van der Waals surface area contributed by atoms with Gasteiger partial charge in [-0.25, -0.2) is 4.98 Å². The van der Waals surface area contributed by atoms with Crippen LogP contribution < -0.4 is 5.56 Å². The Kier molecular flexibility index (Phi) is 4.39. The van der Waals surface area contributed by atoms with Gasteiger partial charge >= 0.3 is 0 Å². The van der Waals surface area contributed by atoms with Crippen molar-refractivity contribution in [2.75, 3.05) is 0 Å². The van der Waals surface area contributed by atoms with Crippen LogP contribution in [0.2, 0.25) is 0 Å². The number of hydrogen-bond donors (Lipinski definition) is 1. The van der Waals surface area contributed by atoms with E-state index in [-0.39, 0.29) is 11.5 Å². The van der Waals surface area contributed by atoms with Crippen LogP contribution in [0.5, 0.6) is 0 Å². The molecule has 0 spiro atoms. The SMILES string of the molecule is Cc1cccc(Cc2nc(C(C)C)c(I)c(=O)[nH]2)c1. The summed E-state index contributed by atoms with van der Waals surface area (Å²) < 4.78 is 0.695. The first-order valence-corrected chi connectivity index (χ1v) is 7.39. The fraction of sp³-hybridized carbons (Fsp3) is 0.333. The van der Waals surface area contributed by atoms with Gasteiger partial charge in [0, 0.05) is 6.42 Å². The normalized spacial score (nSPS) is 11.0. The van der Waals surface area contributed by atoms with Gasteiger partial charge in [-0.1, -0.05) is 43.7 Å². The number of nitrogens with zero attached hydrogens (tertiary/aromatic N) is 1. The molecule has 0 aliphatic heterocycles. The maximum atomic E-state index is 11.9. The maximum absolute atomic E-state index is 11.9. The quantitative estimate of drug-likeness (QED) is 0.845. The predicted molar refractivity (Wildman–Crippen MR) is 85.6 cm³/mol. The first kappa shape index (κ1) is 14.2. The zero-order valence-electron chi connectivity index (χ0n) is 11.3. The van der Waals surface area contributed by atoms with E-state index in [1.807, 2.05) is 6.07 Å². The van der Waals surface area contributed by atoms with Gasteiger partial charge in [0.1, 0.15) is 5.82 Å². The minimum Gasteiger partial charge on any atom is -0.309 e. The molecule has 0 bridgehead atoms. The summed E-state index contributed by atoms with van der Waals surface area (Å²) >= 11 is 2.07. The average Bonchev–Trinajstić information content (AvgIpc) is 2.33. The van der Waals surface area contributed by atoms with Gasteiger partial charge in [0.25, 0.3) is 5.56 Å². The monoisotopic (exact) mass is 368 g/mol. The van der Waals surface area contributed by atoms with Gasteiger partial charge in [-0.2, -0.15) is 0 Å². The smallest absolute Gasteiger partial charge is 0.264 e. The molecule has 0 unspecified atom stereocenters. The third-order valence-corrected chi connectivity index (χ3v) is 3.98. The van der Waals surface area contributed by atoms with E-state index in [4.69, 9.17) is 0 Å². The van der Waals surface area contributed by atoms with E-state index < -0.39 is 0 Å². The Hall–Kier alpha value is -1.17. The van der Waals surface area contributed by atoms with E-state index in [0.29, 0.717) is 9.99 Å². The number of hydrogen-bond acceptors (Lipinski definition) is 2. The van der Waals surface area contributed by atoms with Crippen LogP contribution in [0.1, 0.15) is 42.4 Å². The van der Waals surface area contributed by atoms with Crippen LogP contribution in [0, 0.1) is 10.5 Å². The summed E-state index contributed by atoms with van der Waals surface area (Å²) in [5, 5.41) is 0. The second kappa shape index (κ2) is 5.86. The average molecular weight is 368 g/mol. The molecule has 0 fully saturated rings. The van der Waals surface area contributed by atoms with Gasteiger partial charge in [-0.05, 0) is 41.0 Å². The highest BCUT2D eigenvalue weighted by Crippen LogP contribution is 2.16. The molecule has 19 heavy (non-hydrogen) atoms. The van der Waals surface area contributed by atoms with Gasteiger partial charge in [0.05, 0.1) is 9.26 Å². The lowest BCUT2D eigenvalue weighted by molar-refractivity contribution is 0.774. The highest BCUT2D eigenvalue weighted by Gasteiger charge is 2.12. The second-order valence-corrected chi connectivity index (χ2v) is 6.11. The molecule has 1 aromatic carbocycles. The van der Waals surface area contributed by atoms with Crippen molar-refractivity contribution in [1.82, 2.24) is 9.97 Å². The number of aromatic amines is 1. The zero-order chi connectivity index (χ0) is 14.0. The van der Waals surface area contributed by atoms with Crippen LogP contribution in [0.4, 0.5) is 0 Å². The highest BCUT2D eigenvalue weighted by molar-refractivity contribution is 14.1. The predicted octanol–water partition coefficient (Wildman–Crippen LogP) is 3.40. The molecule has 100 valence electrons. The first-order chi connectivity index (χ1) is 8.97. The second-order valence-electron chi connectivity index (χ2n) is 5.03. The van der Waals surface area contributed by atoms with Crippen LogP contribution in [0.3, 0.4) is 0 Å². The standard InChI is InChI=1S/C15H17IN2O/c1-9(2)14-13(16)15(19)18-12(17-14)8-11-6-4-5-10(3)7-11/h4-7,9H,8H2,1-3H3,(H,17,18,19). The van der Waals surface area contributed by atoms with Crippen molar-refractivity contribution < 1.29 is 0 Å². The van der Waals surface area contributed by atoms with E-state index >= 15 is 0 Å². The number of halogens is 1. The Balaban J connectivity index is 2.39. The maximum Gasteiger partial charge on any atom is 0.264 e. The summed E-state index contributed by atoms with van der Waals surface area (Å²) in [4.78, 5) is 19.4. The van der Waals surface area contributed by atoms with E-state index in [1.165, 1.54) is 11.1 Å². The summed E-state index contributed by atoms with van der Waals surface area (Å²) in [5.74, 6) is 0.991. The molecule has 2 rings (SSSR count). The van der Waals surface area contributed by atoms with Crippen LogP contribution in [-0.2, 0) is 6.42 Å². The van der Waals surface area contributed by atoms with Crippen molar-refractivity contribution in [1.29, 1.82) is 0 Å². The molecule has 1 heterocycles. The molecule has 0 amide bonds. The van der Waals surface area contributed by atoms with Crippen molar-refractivity contribution >= 4 is 22.6 Å². The minimum atomic E-state index is -0.0399. The Bertz CT molecular complexity index is 647. The molecule has 4 heteroatoms. The molecule has 1 aromatic heterocycles. The van der Waals surface area contributed by atoms with Crippen molar-refractivity contribution in [3.63, 3.8) is 0 Å². The fourth-order valence-corrected chi connectivity index (χ4v) is 2.88. The lowest BCUT2D eigenvalue weighted by Gasteiger charge is -2.09. The highest BCUT2D eigenvalue weighted by atomic mass is 127. The lowest BCUT2D eigenvalue weighted by atomic mass is 10.1. The Morgan fingerprint density at radius 3 is 2.74 bits per heavy atom. The Morgan fingerprint density at radius 2 is 2.11 bits per heavy atom. The molecular formula is C15H17IN2O. The summed E-state index contributed by atoms with van der Waals surface area (Å²) in [6.07, 6.45) is 0.660. The van der Waals surface area contributed by atoms with Crippen molar-refractivity contribution in [3.05, 3.63) is 60.8 Å². The molecule has 0 atom stereocenters. The molecule has 0 saturated carbocycles. The van der Waals surface area contributed by atoms with Gasteiger partial charge in [-0.15, -0.1) is 0 Å². The Morgan fingerprint density at radius 1 is 1.37 bits per heavy atom. The van der Waals surface area contributed by atoms with Crippen LogP contribution in [0.15, 0.2) is 29.1 Å². The summed E-state index contributed by atoms with van der Waals surface area (Å²) in [7, 11) is 0. The molecule has 1 N–H and O–H groups in total. The largest absolute Gasteiger partial charge is 0.309 e. The molecule has 3 nitrogen and oxygen atoms in total. The number of aromatic nitrogens is 2. The minimum absolute atomic E-state index is 0.0399. The lowest BCUT2D eigenvalue weighted by Crippen LogP contribution is -2.19. The van der Waals surface area contributed by atoms with Crippen molar-refractivity contribution in [3.8, 4) is 0 Å². The topological polar surface area (TPSA) is 45.8 Å². The summed E-state index contributed by atoms with van der Waals surface area (Å²) in [5.41, 5.74) is 3.22. The van der Waals surface area contributed by atoms with Crippen molar-refractivity contribution in [2.24, 2.45) is 0 Å². The van der Waals surface area contributed by atoms with Crippen molar-refractivity contribution in [2.45, 2.75) is 33.1 Å². The fourth-order valence-electron chi connectivity index (χ4n) is 2.01. The van der Waals surface area contributed by atoms with Crippen LogP contribution in [-0.4, -0.2) is 9.97 Å². The molecule has 2 aromatic rings. The first-order valence-electron chi connectivity index (χ1n) is 6.31. The number of H-pyrrole nitrogens is 1. The van der Waals surface area contributed by atoms with Gasteiger partial charge in [0.2, 0.25) is 0 Å². The zero-order valence-corrected chi connectivity index (χ0v) is 13.5. The number of rotatable bonds is 3. The molecule has 0 radical (unpaired) electrons. The van der Waals surface area contributed by atoms with Gasteiger partial charge < -0.3 is 4.98 Å². The number of benzene rings is 1. The summed E-state index contributed by atoms with van der Waals surface area (Å²) in [6, 6.07) is 8.26. The molecule has 0 saturated heterocycles. The third-order valence-electron chi connectivity index (χ3n) is 2.94. The van der Waals surface area contributed by atoms with Gasteiger partial charge in [-0.3, -0.25) is 4.79 Å².